The van der Waals surface area contributed by atoms with Crippen LogP contribution in [0.15, 0.2) is 0 Å². The van der Waals surface area contributed by atoms with E-state index in [1.54, 1.807) is 0 Å². The lowest BCUT2D eigenvalue weighted by molar-refractivity contribution is 0.0310. The molecule has 0 spiro atoms. The van der Waals surface area contributed by atoms with Gasteiger partial charge in [-0.15, -0.1) is 0 Å². The SMILES string of the molecule is CCCCCCCCCCCCCCCCCC([Si](OCC)(OCC)OCC)[Si](OCC)(OCC)OCC. The van der Waals surface area contributed by atoms with Crippen LogP contribution in [0.5, 0.6) is 0 Å². The first kappa shape index (κ1) is 38.2. The average Bonchev–Trinajstić information content (AvgIpc) is 2.89. The van der Waals surface area contributed by atoms with Crippen LogP contribution in [0.3, 0.4) is 0 Å². The largest absolute Gasteiger partial charge is 0.508 e. The maximum Gasteiger partial charge on any atom is 0.508 e. The molecule has 0 unspecified atom stereocenters. The highest BCUT2D eigenvalue weighted by molar-refractivity contribution is 6.82. The van der Waals surface area contributed by atoms with Gasteiger partial charge in [-0.05, 0) is 48.0 Å². The monoisotopic (exact) mass is 578 g/mol. The first-order valence-electron chi connectivity index (χ1n) is 16.4. The third kappa shape index (κ3) is 15.8. The topological polar surface area (TPSA) is 55.4 Å². The maximum atomic E-state index is 6.38. The van der Waals surface area contributed by atoms with E-state index in [0.717, 1.165) is 12.8 Å². The van der Waals surface area contributed by atoms with E-state index in [-0.39, 0.29) is 5.16 Å². The van der Waals surface area contributed by atoms with E-state index in [4.69, 9.17) is 26.6 Å². The second kappa shape index (κ2) is 26.1. The molecule has 0 aromatic carbocycles. The first-order valence-corrected chi connectivity index (χ1v) is 20.0. The molecule has 0 aliphatic rings. The van der Waals surface area contributed by atoms with E-state index in [2.05, 4.69) is 6.92 Å². The standard InChI is InChI=1S/C30H66O6Si2/c1-8-15-16-17-18-19-20-21-22-23-24-25-26-27-28-29-30(37(31-9-2,32-10-3)33-11-4)38(34-12-5,35-13-6)36-14-7/h30H,8-29H2,1-7H3. The van der Waals surface area contributed by atoms with Crippen LogP contribution < -0.4 is 0 Å². The average molecular weight is 579 g/mol. The van der Waals surface area contributed by atoms with Crippen molar-refractivity contribution in [1.82, 2.24) is 0 Å². The second-order valence-corrected chi connectivity index (χ2v) is 16.2. The van der Waals surface area contributed by atoms with Crippen molar-refractivity contribution in [2.24, 2.45) is 0 Å². The van der Waals surface area contributed by atoms with Crippen molar-refractivity contribution in [3.05, 3.63) is 0 Å². The zero-order valence-electron chi connectivity index (χ0n) is 26.6. The van der Waals surface area contributed by atoms with Gasteiger partial charge in [0.1, 0.15) is 0 Å². The Labute approximate surface area is 240 Å². The summed E-state index contributed by atoms with van der Waals surface area (Å²) in [6.07, 6.45) is 21.2. The van der Waals surface area contributed by atoms with Gasteiger partial charge >= 0.3 is 17.6 Å². The molecule has 38 heavy (non-hydrogen) atoms. The van der Waals surface area contributed by atoms with Crippen molar-refractivity contribution in [2.45, 2.75) is 156 Å². The van der Waals surface area contributed by atoms with Crippen molar-refractivity contribution in [3.8, 4) is 0 Å². The number of hydrogen-bond donors (Lipinski definition) is 0. The minimum Gasteiger partial charge on any atom is -0.374 e. The third-order valence-corrected chi connectivity index (χ3v) is 15.6. The van der Waals surface area contributed by atoms with Gasteiger partial charge < -0.3 is 26.6 Å². The van der Waals surface area contributed by atoms with Gasteiger partial charge in [-0.2, -0.15) is 0 Å². The Hall–Kier alpha value is 0.194. The summed E-state index contributed by atoms with van der Waals surface area (Å²) in [5, 5.41) is -0.114. The molecule has 0 saturated heterocycles. The molecule has 0 aliphatic heterocycles. The van der Waals surface area contributed by atoms with E-state index in [0.29, 0.717) is 39.6 Å². The molecule has 0 aliphatic carbocycles. The number of unbranched alkanes of at least 4 members (excludes halogenated alkanes) is 14. The third-order valence-electron chi connectivity index (χ3n) is 7.02. The van der Waals surface area contributed by atoms with Crippen molar-refractivity contribution < 1.29 is 26.6 Å². The van der Waals surface area contributed by atoms with Crippen molar-refractivity contribution in [2.75, 3.05) is 39.6 Å². The minimum absolute atomic E-state index is 0.114. The molecule has 0 heterocycles. The molecular weight excluding hydrogens is 512 g/mol. The Morgan fingerprint density at radius 3 is 0.816 bits per heavy atom. The van der Waals surface area contributed by atoms with Crippen molar-refractivity contribution in [3.63, 3.8) is 0 Å². The molecule has 0 fully saturated rings. The van der Waals surface area contributed by atoms with E-state index in [1.807, 2.05) is 41.5 Å². The molecule has 6 nitrogen and oxygen atoms in total. The van der Waals surface area contributed by atoms with Crippen LogP contribution in [0.4, 0.5) is 0 Å². The predicted octanol–water partition coefficient (Wildman–Crippen LogP) is 9.25. The van der Waals surface area contributed by atoms with Gasteiger partial charge in [0.25, 0.3) is 0 Å². The van der Waals surface area contributed by atoms with Crippen LogP contribution in [0, 0.1) is 0 Å². The lowest BCUT2D eigenvalue weighted by atomic mass is 10.0. The van der Waals surface area contributed by atoms with Crippen LogP contribution in [0.25, 0.3) is 0 Å². The molecule has 0 atom stereocenters. The molecule has 0 rings (SSSR count). The lowest BCUT2D eigenvalue weighted by Gasteiger charge is -2.42. The fourth-order valence-electron chi connectivity index (χ4n) is 5.35. The van der Waals surface area contributed by atoms with Gasteiger partial charge in [0.2, 0.25) is 0 Å². The summed E-state index contributed by atoms with van der Waals surface area (Å²) in [5.41, 5.74) is 0. The Kier molecular flexibility index (Phi) is 26.2. The van der Waals surface area contributed by atoms with Gasteiger partial charge in [0.15, 0.2) is 0 Å². The molecule has 0 radical (unpaired) electrons. The van der Waals surface area contributed by atoms with E-state index in [9.17, 15) is 0 Å². The summed E-state index contributed by atoms with van der Waals surface area (Å²) < 4.78 is 38.3. The summed E-state index contributed by atoms with van der Waals surface area (Å²) in [5.74, 6) is 0. The lowest BCUT2D eigenvalue weighted by Crippen LogP contribution is -2.64. The van der Waals surface area contributed by atoms with Gasteiger partial charge in [-0.1, -0.05) is 103 Å². The van der Waals surface area contributed by atoms with E-state index in [1.165, 1.54) is 89.9 Å². The summed E-state index contributed by atoms with van der Waals surface area (Å²) >= 11 is 0. The summed E-state index contributed by atoms with van der Waals surface area (Å²) in [4.78, 5) is 0. The summed E-state index contributed by atoms with van der Waals surface area (Å²) in [6.45, 7) is 17.6. The van der Waals surface area contributed by atoms with Gasteiger partial charge in [-0.25, -0.2) is 0 Å². The summed E-state index contributed by atoms with van der Waals surface area (Å²) in [6, 6.07) is 0. The smallest absolute Gasteiger partial charge is 0.374 e. The molecule has 8 heteroatoms. The second-order valence-electron chi connectivity index (χ2n) is 10.1. The Morgan fingerprint density at radius 2 is 0.579 bits per heavy atom. The normalized spacial score (nSPS) is 12.6. The predicted molar refractivity (Wildman–Crippen MR) is 165 cm³/mol. The highest BCUT2D eigenvalue weighted by atomic mass is 28.5. The van der Waals surface area contributed by atoms with Gasteiger partial charge in [0.05, 0.1) is 5.16 Å². The van der Waals surface area contributed by atoms with Gasteiger partial charge in [-0.3, -0.25) is 0 Å². The Balaban J connectivity index is 4.85. The number of hydrogen-bond acceptors (Lipinski definition) is 6. The minimum atomic E-state index is -3.09. The Bertz CT molecular complexity index is 437. The van der Waals surface area contributed by atoms with Crippen molar-refractivity contribution >= 4 is 17.6 Å². The highest BCUT2D eigenvalue weighted by Gasteiger charge is 2.65. The van der Waals surface area contributed by atoms with Crippen LogP contribution in [-0.4, -0.2) is 57.3 Å². The van der Waals surface area contributed by atoms with Crippen LogP contribution in [-0.2, 0) is 26.6 Å². The van der Waals surface area contributed by atoms with Gasteiger partial charge in [0, 0.05) is 39.6 Å². The zero-order chi connectivity index (χ0) is 28.4. The first-order chi connectivity index (χ1) is 18.6. The summed E-state index contributed by atoms with van der Waals surface area (Å²) in [7, 11) is -6.18. The molecule has 0 saturated carbocycles. The molecule has 0 aromatic heterocycles. The van der Waals surface area contributed by atoms with E-state index >= 15 is 0 Å². The van der Waals surface area contributed by atoms with Crippen LogP contribution in [0.2, 0.25) is 5.16 Å². The molecule has 0 N–H and O–H groups in total. The fraction of sp³-hybridized carbons (Fsp3) is 1.00. The molecular formula is C30H66O6Si2. The van der Waals surface area contributed by atoms with E-state index < -0.39 is 17.6 Å². The highest BCUT2D eigenvalue weighted by Crippen LogP contribution is 2.41. The number of rotatable bonds is 30. The molecule has 0 bridgehead atoms. The van der Waals surface area contributed by atoms with Crippen molar-refractivity contribution in [1.29, 1.82) is 0 Å². The quantitative estimate of drug-likeness (QED) is 0.0625. The molecule has 0 amide bonds. The maximum absolute atomic E-state index is 6.38. The van der Waals surface area contributed by atoms with Crippen LogP contribution in [0.1, 0.15) is 151 Å². The molecule has 0 aromatic rings. The zero-order valence-corrected chi connectivity index (χ0v) is 28.6. The van der Waals surface area contributed by atoms with Crippen LogP contribution >= 0.6 is 0 Å². The Morgan fingerprint density at radius 1 is 0.342 bits per heavy atom. The fourth-order valence-corrected chi connectivity index (χ4v) is 13.8. The molecule has 230 valence electrons.